The van der Waals surface area contributed by atoms with Crippen molar-refractivity contribution in [2.45, 2.75) is 6.18 Å². The van der Waals surface area contributed by atoms with Crippen molar-refractivity contribution in [3.05, 3.63) is 59.9 Å². The Hall–Kier alpha value is -3.80. The zero-order valence-electron chi connectivity index (χ0n) is 17.0. The number of carbonyl (C=O) groups is 2. The maximum absolute atomic E-state index is 12.5. The van der Waals surface area contributed by atoms with E-state index in [1.807, 2.05) is 0 Å². The normalized spacial score (nSPS) is 12.8. The van der Waals surface area contributed by atoms with Crippen LogP contribution in [-0.4, -0.2) is 49.5 Å². The summed E-state index contributed by atoms with van der Waals surface area (Å²) in [6.07, 6.45) is -4.64. The molecule has 2 aromatic rings. The molecule has 1 aliphatic rings. The van der Waals surface area contributed by atoms with E-state index in [1.165, 1.54) is 0 Å². The number of hydrogen-bond donors (Lipinski definition) is 3. The van der Waals surface area contributed by atoms with Gasteiger partial charge in [0, 0.05) is 29.4 Å². The number of aliphatic carboxylic acids is 1. The number of anilines is 1. The Bertz CT molecular complexity index is 993. The highest BCUT2D eigenvalue weighted by atomic mass is 19.4. The van der Waals surface area contributed by atoms with Crippen molar-refractivity contribution in [3.63, 3.8) is 0 Å². The summed E-state index contributed by atoms with van der Waals surface area (Å²) >= 11 is 0. The molecule has 3 rings (SSSR count). The summed E-state index contributed by atoms with van der Waals surface area (Å²) in [4.78, 5) is 21.2. The minimum Gasteiger partial charge on any atom is -0.489 e. The number of halogens is 4. The number of carboxylic acid groups (broad SMARTS) is 1. The van der Waals surface area contributed by atoms with E-state index in [0.717, 1.165) is 0 Å². The summed E-state index contributed by atoms with van der Waals surface area (Å²) in [5, 5.41) is 9.93. The third-order valence-electron chi connectivity index (χ3n) is 4.00. The summed E-state index contributed by atoms with van der Waals surface area (Å²) in [5.41, 5.74) is 6.80. The lowest BCUT2D eigenvalue weighted by molar-refractivity contribution is -0.192. The van der Waals surface area contributed by atoms with Gasteiger partial charge in [-0.3, -0.25) is 4.79 Å². The minimum absolute atomic E-state index is 0.0652. The molecule has 0 aliphatic carbocycles. The first kappa shape index (κ1) is 25.5. The van der Waals surface area contributed by atoms with Crippen molar-refractivity contribution in [1.82, 2.24) is 0 Å². The maximum Gasteiger partial charge on any atom is 0.490 e. The smallest absolute Gasteiger partial charge is 0.489 e. The fourth-order valence-electron chi connectivity index (χ4n) is 2.34. The number of carboxylic acids is 1. The molecule has 1 aliphatic heterocycles. The van der Waals surface area contributed by atoms with Crippen LogP contribution in [0.5, 0.6) is 17.2 Å². The second kappa shape index (κ2) is 11.7. The van der Waals surface area contributed by atoms with E-state index in [9.17, 15) is 22.4 Å². The summed E-state index contributed by atoms with van der Waals surface area (Å²) < 4.78 is 60.6. The van der Waals surface area contributed by atoms with Gasteiger partial charge in [0.25, 0.3) is 5.91 Å². The molecule has 0 saturated heterocycles. The third kappa shape index (κ3) is 8.00. The highest BCUT2D eigenvalue weighted by Gasteiger charge is 2.38. The van der Waals surface area contributed by atoms with Gasteiger partial charge in [0.05, 0.1) is 6.33 Å². The highest BCUT2D eigenvalue weighted by Crippen LogP contribution is 2.32. The molecule has 33 heavy (non-hydrogen) atoms. The number of rotatable bonds is 6. The Labute approximate surface area is 185 Å². The molecule has 0 spiro atoms. The molecule has 12 heteroatoms. The second-order valence-corrected chi connectivity index (χ2v) is 6.40. The molecule has 178 valence electrons. The quantitative estimate of drug-likeness (QED) is 0.550. The van der Waals surface area contributed by atoms with Gasteiger partial charge in [-0.1, -0.05) is 0 Å². The number of fused-ring (bicyclic) bond motifs is 1. The first-order chi connectivity index (χ1) is 15.6. The molecule has 2 aromatic carbocycles. The number of ether oxygens (including phenoxy) is 3. The maximum atomic E-state index is 12.5. The summed E-state index contributed by atoms with van der Waals surface area (Å²) in [6.45, 7) is 1.15. The van der Waals surface area contributed by atoms with E-state index in [4.69, 9.17) is 29.8 Å². The molecule has 8 nitrogen and oxygen atoms in total. The molecule has 0 fully saturated rings. The molecule has 0 radical (unpaired) electrons. The highest BCUT2D eigenvalue weighted by molar-refractivity contribution is 6.04. The van der Waals surface area contributed by atoms with Crippen LogP contribution >= 0.6 is 0 Å². The Morgan fingerprint density at radius 2 is 1.70 bits per heavy atom. The van der Waals surface area contributed by atoms with Crippen molar-refractivity contribution < 1.29 is 46.5 Å². The van der Waals surface area contributed by atoms with Crippen molar-refractivity contribution in [3.8, 4) is 17.2 Å². The van der Waals surface area contributed by atoms with E-state index < -0.39 is 12.1 Å². The van der Waals surface area contributed by atoms with Crippen molar-refractivity contribution >= 4 is 17.6 Å². The van der Waals surface area contributed by atoms with E-state index >= 15 is 0 Å². The average Bonchev–Trinajstić information content (AvgIpc) is 2.80. The van der Waals surface area contributed by atoms with Crippen LogP contribution in [0.3, 0.4) is 0 Å². The number of hydrogen-bond acceptors (Lipinski definition) is 6. The Morgan fingerprint density at radius 3 is 2.24 bits per heavy atom. The summed E-state index contributed by atoms with van der Waals surface area (Å²) in [5.74, 6) is -1.23. The van der Waals surface area contributed by atoms with Gasteiger partial charge in [-0.25, -0.2) is 9.18 Å². The molecule has 0 aromatic heterocycles. The van der Waals surface area contributed by atoms with Crippen molar-refractivity contribution in [2.24, 2.45) is 5.73 Å². The SMILES string of the molecule is NCC(=CF)COc1ccc(C(=O)Nc2ccc3c(c2)OCCO3)cc1.O=C(O)C(F)(F)F. The molecule has 0 atom stereocenters. The number of benzene rings is 2. The fraction of sp³-hybridized carbons (Fsp3) is 0.238. The zero-order valence-corrected chi connectivity index (χ0v) is 17.0. The molecule has 0 unspecified atom stereocenters. The number of nitrogens with one attached hydrogen (secondary N) is 1. The molecular formula is C21H20F4N2O6. The Morgan fingerprint density at radius 1 is 1.09 bits per heavy atom. The van der Waals surface area contributed by atoms with Crippen LogP contribution in [0.4, 0.5) is 23.2 Å². The van der Waals surface area contributed by atoms with Crippen LogP contribution in [0.15, 0.2) is 54.4 Å². The fourth-order valence-corrected chi connectivity index (χ4v) is 2.34. The van der Waals surface area contributed by atoms with Gasteiger partial charge in [-0.2, -0.15) is 13.2 Å². The van der Waals surface area contributed by atoms with Gasteiger partial charge in [0.1, 0.15) is 25.6 Å². The van der Waals surface area contributed by atoms with Crippen LogP contribution in [0.1, 0.15) is 10.4 Å². The summed E-state index contributed by atoms with van der Waals surface area (Å²) in [6, 6.07) is 11.8. The Kier molecular flexibility index (Phi) is 9.04. The molecule has 0 saturated carbocycles. The predicted octanol–water partition coefficient (Wildman–Crippen LogP) is 3.53. The second-order valence-electron chi connectivity index (χ2n) is 6.40. The van der Waals surface area contributed by atoms with Crippen LogP contribution in [0.2, 0.25) is 0 Å². The third-order valence-corrected chi connectivity index (χ3v) is 4.00. The van der Waals surface area contributed by atoms with Gasteiger partial charge < -0.3 is 30.4 Å². The van der Waals surface area contributed by atoms with E-state index in [1.54, 1.807) is 42.5 Å². The van der Waals surface area contributed by atoms with Crippen molar-refractivity contribution in [2.75, 3.05) is 31.7 Å². The van der Waals surface area contributed by atoms with Gasteiger partial charge in [0.2, 0.25) is 0 Å². The summed E-state index contributed by atoms with van der Waals surface area (Å²) in [7, 11) is 0. The van der Waals surface area contributed by atoms with Gasteiger partial charge in [0.15, 0.2) is 11.5 Å². The van der Waals surface area contributed by atoms with Gasteiger partial charge in [-0.05, 0) is 36.4 Å². The van der Waals surface area contributed by atoms with E-state index in [-0.39, 0.29) is 19.1 Å². The van der Waals surface area contributed by atoms with Gasteiger partial charge in [-0.15, -0.1) is 0 Å². The predicted molar refractivity (Wildman–Crippen MR) is 109 cm³/mol. The average molecular weight is 472 g/mol. The minimum atomic E-state index is -5.08. The number of carbonyl (C=O) groups excluding carboxylic acids is 1. The first-order valence-electron chi connectivity index (χ1n) is 9.36. The standard InChI is InChI=1S/C19H19FN2O4.C2HF3O2/c20-10-13(11-21)12-26-16-4-1-14(2-5-16)19(23)22-15-3-6-17-18(9-15)25-8-7-24-17;3-2(4,5)1(6)7/h1-6,9-10H,7-8,11-12,21H2,(H,22,23);(H,6,7). The van der Waals surface area contributed by atoms with E-state index in [0.29, 0.717) is 53.6 Å². The number of alkyl halides is 3. The lowest BCUT2D eigenvalue weighted by atomic mass is 10.2. The number of amides is 1. The topological polar surface area (TPSA) is 120 Å². The molecule has 4 N–H and O–H groups in total. The number of nitrogens with two attached hydrogens (primary N) is 1. The first-order valence-corrected chi connectivity index (χ1v) is 9.36. The van der Waals surface area contributed by atoms with Gasteiger partial charge >= 0.3 is 12.1 Å². The van der Waals surface area contributed by atoms with Crippen LogP contribution < -0.4 is 25.3 Å². The van der Waals surface area contributed by atoms with Crippen LogP contribution in [-0.2, 0) is 4.79 Å². The Balaban J connectivity index is 0.000000479. The van der Waals surface area contributed by atoms with Crippen molar-refractivity contribution in [1.29, 1.82) is 0 Å². The zero-order chi connectivity index (χ0) is 24.4. The van der Waals surface area contributed by atoms with Crippen LogP contribution in [0.25, 0.3) is 0 Å². The monoisotopic (exact) mass is 472 g/mol. The molecule has 1 amide bonds. The molecule has 1 heterocycles. The lowest BCUT2D eigenvalue weighted by Gasteiger charge is -2.19. The molecular weight excluding hydrogens is 452 g/mol. The largest absolute Gasteiger partial charge is 0.490 e. The lowest BCUT2D eigenvalue weighted by Crippen LogP contribution is -2.21. The van der Waals surface area contributed by atoms with E-state index in [2.05, 4.69) is 5.32 Å². The van der Waals surface area contributed by atoms with Crippen LogP contribution in [0, 0.1) is 0 Å². The molecule has 0 bridgehead atoms.